The van der Waals surface area contributed by atoms with Crippen LogP contribution in [0.2, 0.25) is 0 Å². The average molecular weight is 609 g/mol. The molecular formula is C31H36N4O7S. The number of nitrogens with one attached hydrogen (secondary N) is 2. The molecule has 228 valence electrons. The Hall–Kier alpha value is -4.16. The van der Waals surface area contributed by atoms with E-state index < -0.39 is 17.4 Å². The van der Waals surface area contributed by atoms with Gasteiger partial charge in [-0.1, -0.05) is 41.7 Å². The number of amides is 3. The smallest absolute Gasteiger partial charge is 0.410 e. The molecular weight excluding hydrogens is 572 g/mol. The molecule has 12 heteroatoms. The second kappa shape index (κ2) is 13.4. The Labute approximate surface area is 254 Å². The zero-order valence-electron chi connectivity index (χ0n) is 24.5. The van der Waals surface area contributed by atoms with E-state index in [0.29, 0.717) is 53.9 Å². The van der Waals surface area contributed by atoms with E-state index in [1.807, 2.05) is 36.4 Å². The van der Waals surface area contributed by atoms with E-state index in [1.54, 1.807) is 38.4 Å². The number of likely N-dealkylation sites (tertiary alicyclic amines) is 1. The van der Waals surface area contributed by atoms with E-state index in [1.165, 1.54) is 11.3 Å². The minimum Gasteiger partial charge on any atom is -0.497 e. The molecule has 3 amide bonds. The first kappa shape index (κ1) is 30.3. The van der Waals surface area contributed by atoms with Crippen LogP contribution < -0.4 is 20.1 Å². The first-order valence-electron chi connectivity index (χ1n) is 14.1. The van der Waals surface area contributed by atoms with Crippen LogP contribution in [0.15, 0.2) is 48.5 Å². The van der Waals surface area contributed by atoms with Crippen LogP contribution in [-0.4, -0.2) is 62.3 Å². The van der Waals surface area contributed by atoms with Gasteiger partial charge < -0.3 is 29.6 Å². The summed E-state index contributed by atoms with van der Waals surface area (Å²) in [4.78, 5) is 46.2. The minimum absolute atomic E-state index is 0.0959. The lowest BCUT2D eigenvalue weighted by atomic mass is 10.1. The molecule has 0 radical (unpaired) electrons. The predicted octanol–water partition coefficient (Wildman–Crippen LogP) is 4.93. The predicted molar refractivity (Wildman–Crippen MR) is 160 cm³/mol. The molecule has 1 saturated carbocycles. The van der Waals surface area contributed by atoms with Crippen LogP contribution in [0.1, 0.15) is 58.3 Å². The van der Waals surface area contributed by atoms with Crippen molar-refractivity contribution < 1.29 is 33.3 Å². The van der Waals surface area contributed by atoms with Gasteiger partial charge in [-0.05, 0) is 43.4 Å². The quantitative estimate of drug-likeness (QED) is 0.296. The third-order valence-corrected chi connectivity index (χ3v) is 8.82. The molecule has 1 aromatic heterocycles. The molecule has 2 N–H and O–H groups in total. The fraction of sp³-hybridized carbons (Fsp3) is 0.419. The Morgan fingerprint density at radius 1 is 1.07 bits per heavy atom. The van der Waals surface area contributed by atoms with Crippen molar-refractivity contribution in [3.63, 3.8) is 0 Å². The maximum atomic E-state index is 13.5. The highest BCUT2D eigenvalue weighted by Gasteiger charge is 2.50. The highest BCUT2D eigenvalue weighted by atomic mass is 32.1. The second-order valence-corrected chi connectivity index (χ2v) is 11.7. The van der Waals surface area contributed by atoms with Crippen molar-refractivity contribution in [2.45, 2.75) is 44.9 Å². The van der Waals surface area contributed by atoms with E-state index in [9.17, 15) is 14.4 Å². The number of aromatic nitrogens is 1. The number of hydrogen-bond acceptors (Lipinski definition) is 9. The SMILES string of the molecule is COCC1(C(=O)Nc2sc([C@H]3CCCN3C(=O)OCc3ccccc3)nc2C(=O)NCc2ccc(OC)cc2OC)CC1. The molecule has 3 aromatic rings. The van der Waals surface area contributed by atoms with Crippen LogP contribution >= 0.6 is 11.3 Å². The summed E-state index contributed by atoms with van der Waals surface area (Å²) < 4.78 is 21.6. The molecule has 2 fully saturated rings. The summed E-state index contributed by atoms with van der Waals surface area (Å²) in [5.74, 6) is 0.539. The highest BCUT2D eigenvalue weighted by Crippen LogP contribution is 2.47. The third-order valence-electron chi connectivity index (χ3n) is 7.75. The number of carbonyl (C=O) groups excluding carboxylic acids is 3. The van der Waals surface area contributed by atoms with Gasteiger partial charge >= 0.3 is 6.09 Å². The van der Waals surface area contributed by atoms with Crippen LogP contribution in [0.25, 0.3) is 0 Å². The van der Waals surface area contributed by atoms with Gasteiger partial charge in [0.05, 0.1) is 32.3 Å². The maximum Gasteiger partial charge on any atom is 0.410 e. The average Bonchev–Trinajstić information content (AvgIpc) is 3.45. The Balaban J connectivity index is 1.35. The lowest BCUT2D eigenvalue weighted by Crippen LogP contribution is -2.31. The van der Waals surface area contributed by atoms with Crippen molar-refractivity contribution in [2.24, 2.45) is 5.41 Å². The van der Waals surface area contributed by atoms with Gasteiger partial charge in [-0.2, -0.15) is 0 Å². The van der Waals surface area contributed by atoms with Crippen molar-refractivity contribution in [2.75, 3.05) is 39.8 Å². The number of methoxy groups -OCH3 is 3. The number of benzene rings is 2. The molecule has 1 saturated heterocycles. The molecule has 0 spiro atoms. The monoisotopic (exact) mass is 608 g/mol. The van der Waals surface area contributed by atoms with Gasteiger partial charge in [0.15, 0.2) is 5.69 Å². The van der Waals surface area contributed by atoms with Crippen LogP contribution in [0.5, 0.6) is 11.5 Å². The first-order valence-corrected chi connectivity index (χ1v) is 15.0. The van der Waals surface area contributed by atoms with Crippen molar-refractivity contribution in [1.29, 1.82) is 0 Å². The maximum absolute atomic E-state index is 13.5. The summed E-state index contributed by atoms with van der Waals surface area (Å²) in [6.07, 6.45) is 2.41. The van der Waals surface area contributed by atoms with Crippen LogP contribution in [0, 0.1) is 5.41 Å². The van der Waals surface area contributed by atoms with Gasteiger partial charge in [-0.15, -0.1) is 0 Å². The molecule has 43 heavy (non-hydrogen) atoms. The van der Waals surface area contributed by atoms with E-state index in [-0.39, 0.29) is 30.8 Å². The lowest BCUT2D eigenvalue weighted by Gasteiger charge is -2.22. The van der Waals surface area contributed by atoms with Crippen molar-refractivity contribution in [3.8, 4) is 11.5 Å². The van der Waals surface area contributed by atoms with Gasteiger partial charge in [0, 0.05) is 31.8 Å². The summed E-state index contributed by atoms with van der Waals surface area (Å²) in [6, 6.07) is 14.4. The highest BCUT2D eigenvalue weighted by molar-refractivity contribution is 7.16. The zero-order valence-corrected chi connectivity index (χ0v) is 25.3. The fourth-order valence-electron chi connectivity index (χ4n) is 5.12. The van der Waals surface area contributed by atoms with Crippen LogP contribution in [0.4, 0.5) is 9.80 Å². The molecule has 5 rings (SSSR count). The molecule has 2 aliphatic rings. The van der Waals surface area contributed by atoms with E-state index in [2.05, 4.69) is 15.6 Å². The molecule has 0 unspecified atom stereocenters. The summed E-state index contributed by atoms with van der Waals surface area (Å²) in [7, 11) is 4.68. The molecule has 1 atom stereocenters. The molecule has 1 aliphatic carbocycles. The second-order valence-electron chi connectivity index (χ2n) is 10.6. The Morgan fingerprint density at radius 2 is 1.86 bits per heavy atom. The molecule has 2 heterocycles. The van der Waals surface area contributed by atoms with Crippen molar-refractivity contribution in [1.82, 2.24) is 15.2 Å². The summed E-state index contributed by atoms with van der Waals surface area (Å²) in [5, 5.41) is 6.75. The largest absolute Gasteiger partial charge is 0.497 e. The standard InChI is InChI=1S/C31H36N4O7S/c1-39-19-31(13-14-31)29(37)34-28-25(26(36)32-17-21-11-12-22(40-2)16-24(21)41-3)33-27(43-28)23-10-7-15-35(23)30(38)42-18-20-8-5-4-6-9-20/h4-6,8-9,11-12,16,23H,7,10,13-15,17-19H2,1-3H3,(H,32,36)(H,34,37)/t23-/m1/s1. The van der Waals surface area contributed by atoms with Gasteiger partial charge in [-0.3, -0.25) is 14.5 Å². The molecule has 2 aromatic carbocycles. The van der Waals surface area contributed by atoms with E-state index >= 15 is 0 Å². The normalized spacial score (nSPS) is 16.8. The van der Waals surface area contributed by atoms with Gasteiger partial charge in [-0.25, -0.2) is 9.78 Å². The van der Waals surface area contributed by atoms with Gasteiger partial charge in [0.25, 0.3) is 5.91 Å². The Kier molecular flexibility index (Phi) is 9.46. The number of hydrogen-bond donors (Lipinski definition) is 2. The first-order chi connectivity index (χ1) is 20.9. The molecule has 0 bridgehead atoms. The molecule has 11 nitrogen and oxygen atoms in total. The van der Waals surface area contributed by atoms with E-state index in [4.69, 9.17) is 18.9 Å². The topological polar surface area (TPSA) is 128 Å². The minimum atomic E-state index is -0.607. The van der Waals surface area contributed by atoms with Crippen molar-refractivity contribution >= 4 is 34.2 Å². The lowest BCUT2D eigenvalue weighted by molar-refractivity contribution is -0.122. The number of ether oxygens (including phenoxy) is 4. The third kappa shape index (κ3) is 6.91. The number of carbonyl (C=O) groups is 3. The Morgan fingerprint density at radius 3 is 2.56 bits per heavy atom. The Bertz CT molecular complexity index is 1460. The number of anilines is 1. The van der Waals surface area contributed by atoms with Crippen molar-refractivity contribution in [3.05, 3.63) is 70.4 Å². The summed E-state index contributed by atoms with van der Waals surface area (Å²) >= 11 is 1.21. The van der Waals surface area contributed by atoms with Gasteiger partial charge in [0.1, 0.15) is 28.1 Å². The number of rotatable bonds is 12. The summed E-state index contributed by atoms with van der Waals surface area (Å²) in [6.45, 7) is 1.13. The fourth-order valence-corrected chi connectivity index (χ4v) is 6.22. The zero-order chi connectivity index (χ0) is 30.4. The van der Waals surface area contributed by atoms with Crippen LogP contribution in [0.3, 0.4) is 0 Å². The molecule has 1 aliphatic heterocycles. The number of thiazole rings is 1. The number of nitrogens with zero attached hydrogens (tertiary/aromatic N) is 2. The summed E-state index contributed by atoms with van der Waals surface area (Å²) in [5.41, 5.74) is 1.13. The van der Waals surface area contributed by atoms with Crippen LogP contribution in [-0.2, 0) is 27.4 Å². The van der Waals surface area contributed by atoms with Gasteiger partial charge in [0.2, 0.25) is 5.91 Å². The van der Waals surface area contributed by atoms with E-state index in [0.717, 1.165) is 17.5 Å².